The van der Waals surface area contributed by atoms with Crippen LogP contribution in [0, 0.1) is 0 Å². The molecule has 0 radical (unpaired) electrons. The zero-order valence-electron chi connectivity index (χ0n) is 11.7. The molecular weight excluding hydrogens is 230 g/mol. The zero-order valence-corrected chi connectivity index (χ0v) is 11.7. The molecule has 5 heteroatoms. The summed E-state index contributed by atoms with van der Waals surface area (Å²) in [6.45, 7) is 8.44. The van der Waals surface area contributed by atoms with Crippen LogP contribution in [0.4, 0.5) is 0 Å². The van der Waals surface area contributed by atoms with Crippen molar-refractivity contribution < 1.29 is 9.26 Å². The van der Waals surface area contributed by atoms with Gasteiger partial charge in [0.25, 0.3) is 0 Å². The number of rotatable bonds is 10. The van der Waals surface area contributed by atoms with Gasteiger partial charge in [-0.25, -0.2) is 0 Å². The van der Waals surface area contributed by atoms with Gasteiger partial charge in [0.05, 0.1) is 0 Å². The van der Waals surface area contributed by atoms with Crippen LogP contribution in [0.3, 0.4) is 0 Å². The molecule has 5 nitrogen and oxygen atoms in total. The molecule has 0 aromatic carbocycles. The molecule has 0 spiro atoms. The van der Waals surface area contributed by atoms with Gasteiger partial charge in [-0.1, -0.05) is 25.4 Å². The molecule has 1 unspecified atom stereocenters. The van der Waals surface area contributed by atoms with Crippen LogP contribution < -0.4 is 5.32 Å². The summed E-state index contributed by atoms with van der Waals surface area (Å²) in [6, 6.07) is 0.426. The highest BCUT2D eigenvalue weighted by atomic mass is 16.5. The zero-order chi connectivity index (χ0) is 13.2. The van der Waals surface area contributed by atoms with Crippen LogP contribution in [-0.2, 0) is 17.8 Å². The van der Waals surface area contributed by atoms with E-state index in [2.05, 4.69) is 29.3 Å². The van der Waals surface area contributed by atoms with Gasteiger partial charge in [-0.3, -0.25) is 0 Å². The molecule has 0 aliphatic heterocycles. The monoisotopic (exact) mass is 255 g/mol. The van der Waals surface area contributed by atoms with Gasteiger partial charge in [0.15, 0.2) is 5.82 Å². The molecule has 0 saturated heterocycles. The van der Waals surface area contributed by atoms with Gasteiger partial charge in [-0.05, 0) is 26.3 Å². The minimum absolute atomic E-state index is 0.426. The van der Waals surface area contributed by atoms with Crippen LogP contribution in [0.2, 0.25) is 0 Å². The molecule has 1 N–H and O–H groups in total. The Kier molecular flexibility index (Phi) is 7.60. The normalized spacial score (nSPS) is 12.8. The summed E-state index contributed by atoms with van der Waals surface area (Å²) in [6.07, 6.45) is 4.22. The molecular formula is C13H25N3O2. The molecule has 0 amide bonds. The van der Waals surface area contributed by atoms with Crippen molar-refractivity contribution in [3.63, 3.8) is 0 Å². The molecule has 1 atom stereocenters. The lowest BCUT2D eigenvalue weighted by molar-refractivity contribution is 0.126. The third kappa shape index (κ3) is 5.60. The maximum atomic E-state index is 5.25. The van der Waals surface area contributed by atoms with E-state index in [9.17, 15) is 0 Å². The molecule has 104 valence electrons. The molecule has 0 fully saturated rings. The first-order valence-corrected chi connectivity index (χ1v) is 6.92. The molecule has 1 aromatic rings. The predicted molar refractivity (Wildman–Crippen MR) is 70.3 cm³/mol. The van der Waals surface area contributed by atoms with Gasteiger partial charge < -0.3 is 14.6 Å². The summed E-state index contributed by atoms with van der Waals surface area (Å²) in [7, 11) is 0. The number of hydrogen-bond donors (Lipinski definition) is 1. The summed E-state index contributed by atoms with van der Waals surface area (Å²) < 4.78 is 10.5. The van der Waals surface area contributed by atoms with Crippen LogP contribution in [0.15, 0.2) is 4.52 Å². The molecule has 0 aliphatic carbocycles. The predicted octanol–water partition coefficient (Wildman–Crippen LogP) is 2.32. The second-order valence-corrected chi connectivity index (χ2v) is 4.39. The maximum Gasteiger partial charge on any atom is 0.228 e. The first-order valence-electron chi connectivity index (χ1n) is 6.92. The molecule has 0 saturated carbocycles. The quantitative estimate of drug-likeness (QED) is 0.695. The van der Waals surface area contributed by atoms with E-state index in [4.69, 9.17) is 9.26 Å². The summed E-state index contributed by atoms with van der Waals surface area (Å²) >= 11 is 0. The fraction of sp³-hybridized carbons (Fsp3) is 0.846. The van der Waals surface area contributed by atoms with Crippen LogP contribution in [0.1, 0.15) is 51.7 Å². The fourth-order valence-corrected chi connectivity index (χ4v) is 1.81. The Balaban J connectivity index is 2.43. The molecule has 1 heterocycles. The number of nitrogens with one attached hydrogen (secondary N) is 1. The lowest BCUT2D eigenvalue weighted by Gasteiger charge is -2.15. The van der Waals surface area contributed by atoms with Crippen molar-refractivity contribution in [2.45, 2.75) is 59.1 Å². The van der Waals surface area contributed by atoms with E-state index in [1.165, 1.54) is 0 Å². The van der Waals surface area contributed by atoms with Crippen molar-refractivity contribution in [3.05, 3.63) is 11.7 Å². The van der Waals surface area contributed by atoms with E-state index in [-0.39, 0.29) is 0 Å². The second-order valence-electron chi connectivity index (χ2n) is 4.39. The van der Waals surface area contributed by atoms with E-state index in [0.29, 0.717) is 31.0 Å². The molecule has 0 aliphatic rings. The van der Waals surface area contributed by atoms with E-state index < -0.39 is 0 Å². The Morgan fingerprint density at radius 2 is 2.11 bits per heavy atom. The van der Waals surface area contributed by atoms with Crippen molar-refractivity contribution in [1.82, 2.24) is 15.5 Å². The first-order chi connectivity index (χ1) is 8.80. The molecule has 1 aromatic heterocycles. The Hall–Kier alpha value is -0.940. The number of hydrogen-bond acceptors (Lipinski definition) is 5. The van der Waals surface area contributed by atoms with Crippen molar-refractivity contribution in [2.75, 3.05) is 13.2 Å². The summed E-state index contributed by atoms with van der Waals surface area (Å²) in [5, 5.41) is 7.42. The topological polar surface area (TPSA) is 60.2 Å². The first kappa shape index (κ1) is 15.1. The van der Waals surface area contributed by atoms with Crippen LogP contribution in [-0.4, -0.2) is 29.3 Å². The number of aromatic nitrogens is 2. The van der Waals surface area contributed by atoms with Crippen molar-refractivity contribution >= 4 is 0 Å². The minimum Gasteiger partial charge on any atom is -0.374 e. The Labute approximate surface area is 109 Å². The van der Waals surface area contributed by atoms with Crippen LogP contribution in [0.5, 0.6) is 0 Å². The average Bonchev–Trinajstić information content (AvgIpc) is 2.81. The Morgan fingerprint density at radius 3 is 2.78 bits per heavy atom. The fourth-order valence-electron chi connectivity index (χ4n) is 1.81. The maximum absolute atomic E-state index is 5.25. The highest BCUT2D eigenvalue weighted by Crippen LogP contribution is 2.07. The third-order valence-corrected chi connectivity index (χ3v) is 2.69. The second kappa shape index (κ2) is 9.05. The number of ether oxygens (including phenoxy) is 1. The van der Waals surface area contributed by atoms with E-state index in [1.54, 1.807) is 0 Å². The van der Waals surface area contributed by atoms with Gasteiger partial charge in [-0.2, -0.15) is 4.98 Å². The van der Waals surface area contributed by atoms with Crippen molar-refractivity contribution in [2.24, 2.45) is 0 Å². The van der Waals surface area contributed by atoms with Gasteiger partial charge in [0.2, 0.25) is 5.89 Å². The summed E-state index contributed by atoms with van der Waals surface area (Å²) in [5.41, 5.74) is 0. The van der Waals surface area contributed by atoms with Crippen LogP contribution >= 0.6 is 0 Å². The highest BCUT2D eigenvalue weighted by molar-refractivity contribution is 4.88. The molecule has 1 rings (SSSR count). The van der Waals surface area contributed by atoms with Crippen molar-refractivity contribution in [3.8, 4) is 0 Å². The smallest absolute Gasteiger partial charge is 0.228 e. The third-order valence-electron chi connectivity index (χ3n) is 2.69. The Morgan fingerprint density at radius 1 is 1.28 bits per heavy atom. The summed E-state index contributed by atoms with van der Waals surface area (Å²) in [5.74, 6) is 1.34. The highest BCUT2D eigenvalue weighted by Gasteiger charge is 2.13. The van der Waals surface area contributed by atoms with Crippen molar-refractivity contribution in [1.29, 1.82) is 0 Å². The molecule has 0 bridgehead atoms. The van der Waals surface area contributed by atoms with Crippen LogP contribution in [0.25, 0.3) is 0 Å². The minimum atomic E-state index is 0.426. The Bertz CT molecular complexity index is 315. The largest absolute Gasteiger partial charge is 0.374 e. The lowest BCUT2D eigenvalue weighted by atomic mass is 10.1. The van der Waals surface area contributed by atoms with E-state index in [1.807, 2.05) is 6.92 Å². The average molecular weight is 255 g/mol. The molecule has 18 heavy (non-hydrogen) atoms. The van der Waals surface area contributed by atoms with Gasteiger partial charge in [0, 0.05) is 19.1 Å². The van der Waals surface area contributed by atoms with E-state index >= 15 is 0 Å². The SMILES string of the molecule is CCCNC(CCC)Cc1nc(COCC)no1. The van der Waals surface area contributed by atoms with Gasteiger partial charge in [-0.15, -0.1) is 0 Å². The summed E-state index contributed by atoms with van der Waals surface area (Å²) in [4.78, 5) is 4.34. The lowest BCUT2D eigenvalue weighted by Crippen LogP contribution is -2.31. The van der Waals surface area contributed by atoms with Gasteiger partial charge >= 0.3 is 0 Å². The van der Waals surface area contributed by atoms with E-state index in [0.717, 1.165) is 32.2 Å². The number of nitrogens with zero attached hydrogens (tertiary/aromatic N) is 2. The standard InChI is InChI=1S/C13H25N3O2/c1-4-7-11(14-8-5-2)9-13-15-12(16-18-13)10-17-6-3/h11,14H,4-10H2,1-3H3. The van der Waals surface area contributed by atoms with Gasteiger partial charge in [0.1, 0.15) is 6.61 Å².